The predicted octanol–water partition coefficient (Wildman–Crippen LogP) is 4.14. The number of thiocarbonyl (C=S) groups is 1. The Kier molecular flexibility index (Phi) is 4.05. The molecule has 0 unspecified atom stereocenters. The van der Waals surface area contributed by atoms with Gasteiger partial charge in [0.1, 0.15) is 0 Å². The summed E-state index contributed by atoms with van der Waals surface area (Å²) in [6.07, 6.45) is 3.43. The molecule has 104 valence electrons. The summed E-state index contributed by atoms with van der Waals surface area (Å²) in [6.45, 7) is 0. The number of carbonyl (C=O) groups is 1. The molecule has 0 N–H and O–H groups in total. The van der Waals surface area contributed by atoms with Crippen LogP contribution in [0.2, 0.25) is 5.02 Å². The van der Waals surface area contributed by atoms with Gasteiger partial charge in [0.2, 0.25) is 0 Å². The molecule has 0 spiro atoms. The average Bonchev–Trinajstić information content (AvgIpc) is 2.76. The minimum Gasteiger partial charge on any atom is -0.268 e. The zero-order valence-electron chi connectivity index (χ0n) is 10.7. The number of aromatic nitrogens is 1. The van der Waals surface area contributed by atoms with Crippen molar-refractivity contribution in [3.8, 4) is 0 Å². The molecule has 2 heterocycles. The van der Waals surface area contributed by atoms with Gasteiger partial charge in [-0.05, 0) is 42.5 Å². The van der Waals surface area contributed by atoms with Crippen LogP contribution >= 0.6 is 35.6 Å². The molecule has 1 aromatic heterocycles. The molecule has 1 aliphatic heterocycles. The third kappa shape index (κ3) is 3.00. The van der Waals surface area contributed by atoms with Gasteiger partial charge in [-0.3, -0.25) is 14.7 Å². The molecular weight excluding hydrogens is 324 g/mol. The molecule has 0 atom stereocenters. The van der Waals surface area contributed by atoms with Gasteiger partial charge >= 0.3 is 0 Å². The molecule has 6 heteroatoms. The Morgan fingerprint density at radius 1 is 1.19 bits per heavy atom. The van der Waals surface area contributed by atoms with Gasteiger partial charge in [0.15, 0.2) is 4.32 Å². The van der Waals surface area contributed by atoms with Crippen LogP contribution in [-0.4, -0.2) is 15.2 Å². The molecule has 0 bridgehead atoms. The Balaban J connectivity index is 1.92. The first kappa shape index (κ1) is 14.3. The summed E-state index contributed by atoms with van der Waals surface area (Å²) >= 11 is 12.4. The van der Waals surface area contributed by atoms with E-state index in [2.05, 4.69) is 4.98 Å². The van der Waals surface area contributed by atoms with Crippen LogP contribution in [0.15, 0.2) is 53.6 Å². The van der Waals surface area contributed by atoms with Crippen molar-refractivity contribution in [2.45, 2.75) is 0 Å². The fraction of sp³-hybridized carbons (Fsp3) is 0. The quantitative estimate of drug-likeness (QED) is 0.611. The summed E-state index contributed by atoms with van der Waals surface area (Å²) in [5.41, 5.74) is 1.44. The van der Waals surface area contributed by atoms with Gasteiger partial charge < -0.3 is 0 Å². The van der Waals surface area contributed by atoms with Crippen LogP contribution in [0.1, 0.15) is 5.69 Å². The van der Waals surface area contributed by atoms with Gasteiger partial charge in [0.25, 0.3) is 5.91 Å². The van der Waals surface area contributed by atoms with Crippen LogP contribution in [0.3, 0.4) is 0 Å². The van der Waals surface area contributed by atoms with Crippen molar-refractivity contribution in [3.63, 3.8) is 0 Å². The van der Waals surface area contributed by atoms with Crippen LogP contribution in [0, 0.1) is 0 Å². The molecule has 2 aromatic rings. The molecule has 1 fully saturated rings. The van der Waals surface area contributed by atoms with E-state index < -0.39 is 0 Å². The Labute approximate surface area is 136 Å². The van der Waals surface area contributed by atoms with Gasteiger partial charge in [-0.15, -0.1) is 0 Å². The third-order valence-electron chi connectivity index (χ3n) is 2.85. The highest BCUT2D eigenvalue weighted by Crippen LogP contribution is 2.36. The van der Waals surface area contributed by atoms with Gasteiger partial charge in [0, 0.05) is 11.2 Å². The van der Waals surface area contributed by atoms with Crippen LogP contribution < -0.4 is 4.90 Å². The van der Waals surface area contributed by atoms with E-state index in [-0.39, 0.29) is 5.91 Å². The molecule has 0 aliphatic carbocycles. The highest BCUT2D eigenvalue weighted by molar-refractivity contribution is 8.27. The van der Waals surface area contributed by atoms with E-state index in [0.29, 0.717) is 19.9 Å². The minimum absolute atomic E-state index is 0.141. The van der Waals surface area contributed by atoms with Gasteiger partial charge in [-0.1, -0.05) is 41.6 Å². The number of benzene rings is 1. The summed E-state index contributed by atoms with van der Waals surface area (Å²) < 4.78 is 0.504. The lowest BCUT2D eigenvalue weighted by Crippen LogP contribution is -2.27. The largest absolute Gasteiger partial charge is 0.270 e. The molecule has 1 amide bonds. The van der Waals surface area contributed by atoms with Crippen LogP contribution in [0.5, 0.6) is 0 Å². The Morgan fingerprint density at radius 2 is 1.95 bits per heavy atom. The first-order chi connectivity index (χ1) is 10.1. The number of rotatable bonds is 2. The second-order valence-electron chi connectivity index (χ2n) is 4.25. The normalized spacial score (nSPS) is 16.8. The average molecular weight is 333 g/mol. The third-order valence-corrected chi connectivity index (χ3v) is 4.40. The fourth-order valence-corrected chi connectivity index (χ4v) is 3.29. The molecule has 0 radical (unpaired) electrons. The summed E-state index contributed by atoms with van der Waals surface area (Å²) in [7, 11) is 0. The number of pyridine rings is 1. The van der Waals surface area contributed by atoms with Crippen molar-refractivity contribution in [1.82, 2.24) is 4.98 Å². The van der Waals surface area contributed by atoms with Crippen molar-refractivity contribution >= 4 is 57.6 Å². The Bertz CT molecular complexity index is 729. The Hall–Kier alpha value is -1.69. The van der Waals surface area contributed by atoms with E-state index in [4.69, 9.17) is 23.8 Å². The number of hydrogen-bond donors (Lipinski definition) is 0. The Morgan fingerprint density at radius 3 is 2.62 bits per heavy atom. The number of nitrogens with zero attached hydrogens (tertiary/aromatic N) is 2. The van der Waals surface area contributed by atoms with Gasteiger partial charge in [-0.25, -0.2) is 0 Å². The summed E-state index contributed by atoms with van der Waals surface area (Å²) in [4.78, 5) is 18.8. The molecular formula is C15H9ClN2OS2. The van der Waals surface area contributed by atoms with E-state index in [1.54, 1.807) is 36.5 Å². The summed E-state index contributed by atoms with van der Waals surface area (Å²) in [6, 6.07) is 12.6. The van der Waals surface area contributed by atoms with E-state index >= 15 is 0 Å². The second-order valence-corrected chi connectivity index (χ2v) is 6.36. The van der Waals surface area contributed by atoms with Crippen molar-refractivity contribution < 1.29 is 4.79 Å². The molecule has 21 heavy (non-hydrogen) atoms. The number of amides is 1. The number of anilines is 1. The number of thioether (sulfide) groups is 1. The molecule has 3 rings (SSSR count). The van der Waals surface area contributed by atoms with Crippen LogP contribution in [0.4, 0.5) is 5.69 Å². The number of carbonyl (C=O) groups excluding carboxylic acids is 1. The predicted molar refractivity (Wildman–Crippen MR) is 91.3 cm³/mol. The van der Waals surface area contributed by atoms with Gasteiger partial charge in [0.05, 0.1) is 16.3 Å². The lowest BCUT2D eigenvalue weighted by Gasteiger charge is -2.14. The molecule has 1 aliphatic rings. The number of hydrogen-bond acceptors (Lipinski definition) is 4. The van der Waals surface area contributed by atoms with Crippen LogP contribution in [0.25, 0.3) is 6.08 Å². The van der Waals surface area contributed by atoms with Crippen molar-refractivity contribution in [3.05, 3.63) is 64.3 Å². The maximum absolute atomic E-state index is 12.5. The number of halogens is 1. The molecule has 1 aromatic carbocycles. The highest BCUT2D eigenvalue weighted by Gasteiger charge is 2.33. The van der Waals surface area contributed by atoms with E-state index in [9.17, 15) is 4.79 Å². The fourth-order valence-electron chi connectivity index (χ4n) is 1.88. The zero-order chi connectivity index (χ0) is 14.8. The molecule has 1 saturated heterocycles. The maximum Gasteiger partial charge on any atom is 0.270 e. The highest BCUT2D eigenvalue weighted by atomic mass is 35.5. The van der Waals surface area contributed by atoms with Crippen LogP contribution in [-0.2, 0) is 4.79 Å². The first-order valence-corrected chi connectivity index (χ1v) is 7.70. The SMILES string of the molecule is O=C1/C(=C\c2ccccn2)SC(=S)N1c1ccc(Cl)cc1. The zero-order valence-corrected chi connectivity index (χ0v) is 13.1. The van der Waals surface area contributed by atoms with Gasteiger partial charge in [-0.2, -0.15) is 0 Å². The lowest BCUT2D eigenvalue weighted by molar-refractivity contribution is -0.113. The molecule has 0 saturated carbocycles. The topological polar surface area (TPSA) is 33.2 Å². The monoisotopic (exact) mass is 332 g/mol. The van der Waals surface area contributed by atoms with Crippen molar-refractivity contribution in [2.75, 3.05) is 4.90 Å². The summed E-state index contributed by atoms with van der Waals surface area (Å²) in [5.74, 6) is -0.141. The standard InChI is InChI=1S/C15H9ClN2OS2/c16-10-4-6-12(7-5-10)18-14(19)13(21-15(18)20)9-11-3-1-2-8-17-11/h1-9H/b13-9+. The first-order valence-electron chi connectivity index (χ1n) is 6.10. The smallest absolute Gasteiger partial charge is 0.268 e. The van der Waals surface area contributed by atoms with E-state index in [1.165, 1.54) is 16.7 Å². The lowest BCUT2D eigenvalue weighted by atomic mass is 10.2. The summed E-state index contributed by atoms with van der Waals surface area (Å²) in [5, 5.41) is 0.619. The minimum atomic E-state index is -0.141. The van der Waals surface area contributed by atoms with E-state index in [1.807, 2.05) is 18.2 Å². The van der Waals surface area contributed by atoms with Crippen molar-refractivity contribution in [2.24, 2.45) is 0 Å². The van der Waals surface area contributed by atoms with Crippen molar-refractivity contribution in [1.29, 1.82) is 0 Å². The molecule has 3 nitrogen and oxygen atoms in total. The van der Waals surface area contributed by atoms with E-state index in [0.717, 1.165) is 5.69 Å². The maximum atomic E-state index is 12.5. The second kappa shape index (κ2) is 5.97.